The maximum Gasteiger partial charge on any atom is 0.345 e. The Balaban J connectivity index is 1.27. The van der Waals surface area contributed by atoms with Crippen molar-refractivity contribution in [3.05, 3.63) is 84.1 Å². The molecule has 1 saturated heterocycles. The summed E-state index contributed by atoms with van der Waals surface area (Å²) in [5.41, 5.74) is 4.09. The van der Waals surface area contributed by atoms with Gasteiger partial charge in [-0.05, 0) is 30.3 Å². The molecular weight excluding hydrogens is 462 g/mol. The third kappa shape index (κ3) is 6.02. The highest BCUT2D eigenvalue weighted by Crippen LogP contribution is 2.19. The van der Waals surface area contributed by atoms with Crippen molar-refractivity contribution < 1.29 is 18.7 Å². The van der Waals surface area contributed by atoms with Gasteiger partial charge in [0.2, 0.25) is 17.8 Å². The minimum absolute atomic E-state index is 0.0643. The number of hydrogen-bond donors (Lipinski definition) is 2. The second kappa shape index (κ2) is 11.1. The Bertz CT molecular complexity index is 1320. The van der Waals surface area contributed by atoms with E-state index in [0.29, 0.717) is 49.5 Å². The van der Waals surface area contributed by atoms with E-state index in [-0.39, 0.29) is 11.9 Å². The number of carbonyl (C=O) groups is 1. The van der Waals surface area contributed by atoms with Gasteiger partial charge >= 0.3 is 5.97 Å². The van der Waals surface area contributed by atoms with Gasteiger partial charge in [0.05, 0.1) is 25.0 Å². The fourth-order valence-corrected chi connectivity index (χ4v) is 3.36. The lowest BCUT2D eigenvalue weighted by atomic mass is 10.2. The topological polar surface area (TPSA) is 127 Å². The highest BCUT2D eigenvalue weighted by atomic mass is 16.6. The van der Waals surface area contributed by atoms with Crippen LogP contribution in [0.3, 0.4) is 0 Å². The van der Waals surface area contributed by atoms with Gasteiger partial charge in [-0.15, -0.1) is 0 Å². The zero-order chi connectivity index (χ0) is 24.6. The van der Waals surface area contributed by atoms with Crippen LogP contribution < -0.4 is 20.4 Å². The minimum Gasteiger partial charge on any atom is -0.424 e. The van der Waals surface area contributed by atoms with E-state index in [1.807, 2.05) is 41.3 Å². The average molecular weight is 486 g/mol. The van der Waals surface area contributed by atoms with Crippen molar-refractivity contribution in [3.63, 3.8) is 0 Å². The van der Waals surface area contributed by atoms with Crippen LogP contribution in [-0.4, -0.2) is 53.4 Å². The Labute approximate surface area is 206 Å². The molecule has 1 aliphatic rings. The summed E-state index contributed by atoms with van der Waals surface area (Å²) >= 11 is 0. The van der Waals surface area contributed by atoms with Crippen LogP contribution in [-0.2, 0) is 4.74 Å². The van der Waals surface area contributed by atoms with E-state index in [2.05, 4.69) is 30.8 Å². The van der Waals surface area contributed by atoms with E-state index >= 15 is 0 Å². The maximum atomic E-state index is 12.2. The number of anilines is 4. The number of rotatable bonds is 8. The zero-order valence-corrected chi connectivity index (χ0v) is 19.2. The molecule has 1 aliphatic heterocycles. The zero-order valence-electron chi connectivity index (χ0n) is 19.2. The largest absolute Gasteiger partial charge is 0.424 e. The first-order valence-corrected chi connectivity index (χ1v) is 11.3. The molecule has 36 heavy (non-hydrogen) atoms. The normalized spacial score (nSPS) is 13.5. The molecule has 0 aliphatic carbocycles. The molecule has 11 nitrogen and oxygen atoms in total. The predicted octanol–water partition coefficient (Wildman–Crippen LogP) is 3.71. The number of para-hydroxylation sites is 1. The summed E-state index contributed by atoms with van der Waals surface area (Å²) in [6.45, 7) is 2.55. The van der Waals surface area contributed by atoms with Crippen molar-refractivity contribution in [1.82, 2.24) is 15.0 Å². The fourth-order valence-electron chi connectivity index (χ4n) is 3.36. The van der Waals surface area contributed by atoms with Gasteiger partial charge in [0, 0.05) is 24.8 Å². The molecule has 5 rings (SSSR count). The quantitative estimate of drug-likeness (QED) is 0.217. The Kier molecular flexibility index (Phi) is 7.09. The Morgan fingerprint density at radius 3 is 2.42 bits per heavy atom. The number of aromatic nitrogens is 3. The number of ether oxygens (including phenoxy) is 2. The summed E-state index contributed by atoms with van der Waals surface area (Å²) in [5.74, 6) is 1.08. The van der Waals surface area contributed by atoms with Crippen molar-refractivity contribution in [3.8, 4) is 5.95 Å². The van der Waals surface area contributed by atoms with Crippen molar-refractivity contribution in [2.45, 2.75) is 0 Å². The van der Waals surface area contributed by atoms with Crippen molar-refractivity contribution >= 4 is 35.7 Å². The second-order valence-corrected chi connectivity index (χ2v) is 7.66. The SMILES string of the molecule is O=C(Oc1ccc(C=NNc2nc(Nc3ccccc3)nc(N3CCOCC3)n2)o1)c1ccccc1. The first-order valence-electron chi connectivity index (χ1n) is 11.3. The minimum atomic E-state index is -0.508. The molecule has 2 aromatic heterocycles. The van der Waals surface area contributed by atoms with E-state index in [1.165, 1.54) is 6.21 Å². The van der Waals surface area contributed by atoms with Crippen LogP contribution in [0.15, 0.2) is 82.3 Å². The predicted molar refractivity (Wildman–Crippen MR) is 134 cm³/mol. The average Bonchev–Trinajstić information content (AvgIpc) is 3.37. The number of furan rings is 1. The summed E-state index contributed by atoms with van der Waals surface area (Å²) in [6, 6.07) is 21.5. The van der Waals surface area contributed by atoms with Crippen molar-refractivity contribution in [2.75, 3.05) is 41.9 Å². The highest BCUT2D eigenvalue weighted by molar-refractivity contribution is 5.90. The summed E-state index contributed by atoms with van der Waals surface area (Å²) in [4.78, 5) is 27.7. The molecule has 182 valence electrons. The van der Waals surface area contributed by atoms with Crippen molar-refractivity contribution in [2.24, 2.45) is 5.10 Å². The third-order valence-electron chi connectivity index (χ3n) is 5.11. The summed E-state index contributed by atoms with van der Waals surface area (Å²) < 4.78 is 16.2. The van der Waals surface area contributed by atoms with E-state index in [9.17, 15) is 4.79 Å². The molecule has 0 unspecified atom stereocenters. The first kappa shape index (κ1) is 23.0. The highest BCUT2D eigenvalue weighted by Gasteiger charge is 2.17. The molecule has 2 N–H and O–H groups in total. The fraction of sp³-hybridized carbons (Fsp3) is 0.160. The number of nitrogens with one attached hydrogen (secondary N) is 2. The van der Waals surface area contributed by atoms with Gasteiger partial charge in [0.15, 0.2) is 5.76 Å². The summed E-state index contributed by atoms with van der Waals surface area (Å²) in [6.07, 6.45) is 1.43. The molecule has 0 amide bonds. The molecule has 4 aromatic rings. The van der Waals surface area contributed by atoms with E-state index in [0.717, 1.165) is 5.69 Å². The number of benzene rings is 2. The molecule has 3 heterocycles. The molecule has 0 atom stereocenters. The van der Waals surface area contributed by atoms with Gasteiger partial charge in [-0.1, -0.05) is 36.4 Å². The monoisotopic (exact) mass is 485 g/mol. The van der Waals surface area contributed by atoms with E-state index < -0.39 is 5.97 Å². The van der Waals surface area contributed by atoms with Gasteiger partial charge in [0.25, 0.3) is 5.95 Å². The summed E-state index contributed by atoms with van der Waals surface area (Å²) in [7, 11) is 0. The summed E-state index contributed by atoms with van der Waals surface area (Å²) in [5, 5.41) is 7.35. The van der Waals surface area contributed by atoms with Crippen LogP contribution in [0, 0.1) is 0 Å². The number of carbonyl (C=O) groups excluding carboxylic acids is 1. The number of nitrogens with zero attached hydrogens (tertiary/aromatic N) is 5. The van der Waals surface area contributed by atoms with Crippen LogP contribution in [0.25, 0.3) is 0 Å². The first-order chi connectivity index (χ1) is 17.7. The number of hydrazone groups is 1. The van der Waals surface area contributed by atoms with Crippen molar-refractivity contribution in [1.29, 1.82) is 0 Å². The third-order valence-corrected chi connectivity index (χ3v) is 5.11. The van der Waals surface area contributed by atoms with Gasteiger partial charge in [-0.3, -0.25) is 0 Å². The molecule has 1 fully saturated rings. The number of esters is 1. The standard InChI is InChI=1S/C25H23N7O4/c33-22(18-7-3-1-4-8-18)36-21-12-11-20(35-21)17-26-31-24-28-23(27-19-9-5-2-6-10-19)29-25(30-24)32-13-15-34-16-14-32/h1-12,17H,13-16H2,(H2,27,28,29,30,31). The molecule has 0 radical (unpaired) electrons. The number of hydrogen-bond acceptors (Lipinski definition) is 11. The van der Waals surface area contributed by atoms with Gasteiger partial charge < -0.3 is 24.1 Å². The molecule has 0 saturated carbocycles. The Morgan fingerprint density at radius 1 is 0.917 bits per heavy atom. The Morgan fingerprint density at radius 2 is 1.64 bits per heavy atom. The molecule has 2 aromatic carbocycles. The number of morpholine rings is 1. The molecule has 0 bridgehead atoms. The second-order valence-electron chi connectivity index (χ2n) is 7.66. The smallest absolute Gasteiger partial charge is 0.345 e. The lowest BCUT2D eigenvalue weighted by molar-refractivity contribution is 0.0694. The van der Waals surface area contributed by atoms with Crippen LogP contribution in [0.2, 0.25) is 0 Å². The lowest BCUT2D eigenvalue weighted by Gasteiger charge is -2.27. The van der Waals surface area contributed by atoms with Crippen LogP contribution in [0.5, 0.6) is 5.95 Å². The van der Waals surface area contributed by atoms with Gasteiger partial charge in [-0.25, -0.2) is 10.2 Å². The maximum absolute atomic E-state index is 12.2. The van der Waals surface area contributed by atoms with Gasteiger partial charge in [0.1, 0.15) is 0 Å². The lowest BCUT2D eigenvalue weighted by Crippen LogP contribution is -2.37. The molecule has 11 heteroatoms. The Hall–Kier alpha value is -4.77. The van der Waals surface area contributed by atoms with E-state index in [1.54, 1.807) is 36.4 Å². The van der Waals surface area contributed by atoms with Crippen LogP contribution >= 0.6 is 0 Å². The van der Waals surface area contributed by atoms with Crippen LogP contribution in [0.4, 0.5) is 23.5 Å². The molecular formula is C25H23N7O4. The van der Waals surface area contributed by atoms with Gasteiger partial charge in [-0.2, -0.15) is 20.1 Å². The van der Waals surface area contributed by atoms with E-state index in [4.69, 9.17) is 13.9 Å². The van der Waals surface area contributed by atoms with Crippen LogP contribution in [0.1, 0.15) is 16.1 Å². The molecule has 0 spiro atoms.